The first kappa shape index (κ1) is 30.7. The Morgan fingerprint density at radius 2 is 1.51 bits per heavy atom. The molecule has 10 atom stereocenters. The van der Waals surface area contributed by atoms with Crippen LogP contribution in [0.2, 0.25) is 0 Å². The molecule has 16 nitrogen and oxygen atoms in total. The molecule has 3 aromatic rings. The third-order valence-corrected chi connectivity index (χ3v) is 7.31. The molecule has 10 N–H and O–H groups in total. The molecule has 0 radical (unpaired) electrons. The standard InChI is InChI=1S/C27H30O16/c1-8-17(33)20(36)22(38)26(39-8)43-25-21(37)18(34)15(7-28)41-27(25)42-24-19(35)16-13(32)5-10(29)6-14(16)40-23(24)9-2-3-11(30)12(31)4-9/h2-6,8,15,17-18,20-22,25-34,36-38H,7H2,1H3/t8-,15+,17-,18+,20+,21-,22+,25+,26-,27+/m1/s1. The molecule has 0 aliphatic carbocycles. The van der Waals surface area contributed by atoms with Crippen LogP contribution in [-0.4, -0.2) is 119 Å². The van der Waals surface area contributed by atoms with Gasteiger partial charge in [0.2, 0.25) is 17.5 Å². The largest absolute Gasteiger partial charge is 0.508 e. The molecule has 0 amide bonds. The van der Waals surface area contributed by atoms with E-state index in [-0.39, 0.29) is 11.1 Å². The molecule has 3 heterocycles. The SMILES string of the molecule is C[C@H]1O[C@H](O[C@@H]2[C@H](Oc3c(-c4ccc(O)c(O)c4)oc4cc(O)cc(O)c4c3=O)O[C@@H](CO)[C@H](O)[C@H]2O)[C@@H](O)[C@@H](O)[C@@H]1O. The van der Waals surface area contributed by atoms with E-state index >= 15 is 0 Å². The van der Waals surface area contributed by atoms with Crippen molar-refractivity contribution in [1.82, 2.24) is 0 Å². The maximum atomic E-state index is 13.7. The van der Waals surface area contributed by atoms with E-state index in [0.29, 0.717) is 0 Å². The van der Waals surface area contributed by atoms with Crippen LogP contribution in [0.25, 0.3) is 22.3 Å². The van der Waals surface area contributed by atoms with Gasteiger partial charge in [-0.15, -0.1) is 0 Å². The van der Waals surface area contributed by atoms with Crippen LogP contribution in [0.1, 0.15) is 6.92 Å². The molecule has 234 valence electrons. The van der Waals surface area contributed by atoms with E-state index in [0.717, 1.165) is 24.3 Å². The van der Waals surface area contributed by atoms with E-state index in [4.69, 9.17) is 23.4 Å². The molecule has 0 unspecified atom stereocenters. The summed E-state index contributed by atoms with van der Waals surface area (Å²) < 4.78 is 28.3. The minimum atomic E-state index is -1.91. The lowest BCUT2D eigenvalue weighted by Crippen LogP contribution is -2.64. The van der Waals surface area contributed by atoms with Gasteiger partial charge in [-0.1, -0.05) is 0 Å². The first-order valence-electron chi connectivity index (χ1n) is 13.0. The van der Waals surface area contributed by atoms with Crippen molar-refractivity contribution in [2.24, 2.45) is 0 Å². The van der Waals surface area contributed by atoms with E-state index in [2.05, 4.69) is 0 Å². The van der Waals surface area contributed by atoms with Crippen LogP contribution in [0.4, 0.5) is 0 Å². The molecule has 5 rings (SSSR count). The van der Waals surface area contributed by atoms with Crippen molar-refractivity contribution in [3.63, 3.8) is 0 Å². The van der Waals surface area contributed by atoms with Crippen molar-refractivity contribution in [2.75, 3.05) is 6.61 Å². The summed E-state index contributed by atoms with van der Waals surface area (Å²) in [5, 5.41) is 102. The Labute approximate surface area is 241 Å². The third-order valence-electron chi connectivity index (χ3n) is 7.31. The lowest BCUT2D eigenvalue weighted by atomic mass is 9.97. The number of phenolic OH excluding ortho intramolecular Hbond substituents is 4. The van der Waals surface area contributed by atoms with Crippen molar-refractivity contribution < 1.29 is 74.4 Å². The van der Waals surface area contributed by atoms with Crippen LogP contribution in [0.15, 0.2) is 39.5 Å². The highest BCUT2D eigenvalue weighted by atomic mass is 16.8. The maximum absolute atomic E-state index is 13.7. The summed E-state index contributed by atoms with van der Waals surface area (Å²) in [7, 11) is 0. The van der Waals surface area contributed by atoms with Crippen molar-refractivity contribution >= 4 is 11.0 Å². The predicted octanol–water partition coefficient (Wildman–Crippen LogP) is -1.69. The quantitative estimate of drug-likeness (QED) is 0.140. The van der Waals surface area contributed by atoms with Crippen molar-refractivity contribution in [3.8, 4) is 40.1 Å². The number of aliphatic hydroxyl groups is 6. The Hall–Kier alpha value is -3.71. The van der Waals surface area contributed by atoms with Gasteiger partial charge in [0, 0.05) is 17.7 Å². The molecular weight excluding hydrogens is 580 g/mol. The van der Waals surface area contributed by atoms with Gasteiger partial charge in [0.25, 0.3) is 0 Å². The number of rotatable bonds is 6. The maximum Gasteiger partial charge on any atom is 0.239 e. The molecular formula is C27H30O16. The molecule has 2 saturated heterocycles. The summed E-state index contributed by atoms with van der Waals surface area (Å²) in [5.41, 5.74) is -1.39. The fraction of sp³-hybridized carbons (Fsp3) is 0.444. The number of phenols is 4. The molecule has 2 aliphatic rings. The van der Waals surface area contributed by atoms with Crippen LogP contribution in [0, 0.1) is 0 Å². The van der Waals surface area contributed by atoms with Crippen LogP contribution in [-0.2, 0) is 14.2 Å². The Morgan fingerprint density at radius 3 is 2.19 bits per heavy atom. The van der Waals surface area contributed by atoms with Crippen LogP contribution in [0.5, 0.6) is 28.7 Å². The molecule has 0 saturated carbocycles. The highest BCUT2D eigenvalue weighted by molar-refractivity contribution is 5.88. The number of aromatic hydroxyl groups is 4. The molecule has 0 spiro atoms. The van der Waals surface area contributed by atoms with Gasteiger partial charge >= 0.3 is 0 Å². The van der Waals surface area contributed by atoms with Gasteiger partial charge in [0.15, 0.2) is 29.7 Å². The minimum absolute atomic E-state index is 0.0447. The van der Waals surface area contributed by atoms with Gasteiger partial charge in [-0.2, -0.15) is 0 Å². The van der Waals surface area contributed by atoms with Crippen molar-refractivity contribution in [3.05, 3.63) is 40.6 Å². The first-order valence-corrected chi connectivity index (χ1v) is 13.0. The van der Waals surface area contributed by atoms with Gasteiger partial charge in [-0.05, 0) is 25.1 Å². The van der Waals surface area contributed by atoms with Gasteiger partial charge in [0.1, 0.15) is 59.1 Å². The van der Waals surface area contributed by atoms with Gasteiger partial charge < -0.3 is 74.4 Å². The second kappa shape index (κ2) is 11.8. The lowest BCUT2D eigenvalue weighted by molar-refractivity contribution is -0.354. The highest BCUT2D eigenvalue weighted by Crippen LogP contribution is 2.40. The molecule has 43 heavy (non-hydrogen) atoms. The topological polar surface area (TPSA) is 269 Å². The average molecular weight is 611 g/mol. The first-order chi connectivity index (χ1) is 20.3. The van der Waals surface area contributed by atoms with Gasteiger partial charge in [0.05, 0.1) is 12.7 Å². The number of benzene rings is 2. The number of aliphatic hydroxyl groups excluding tert-OH is 6. The molecule has 2 aliphatic heterocycles. The summed E-state index contributed by atoms with van der Waals surface area (Å²) in [6.45, 7) is 0.541. The summed E-state index contributed by atoms with van der Waals surface area (Å²) in [6.07, 6.45) is -16.7. The van der Waals surface area contributed by atoms with Crippen LogP contribution >= 0.6 is 0 Å². The van der Waals surface area contributed by atoms with Crippen LogP contribution < -0.4 is 10.2 Å². The molecule has 0 bridgehead atoms. The van der Waals surface area contributed by atoms with E-state index in [1.165, 1.54) is 13.0 Å². The lowest BCUT2D eigenvalue weighted by Gasteiger charge is -2.45. The fourth-order valence-corrected chi connectivity index (χ4v) is 4.92. The van der Waals surface area contributed by atoms with E-state index in [1.807, 2.05) is 0 Å². The highest BCUT2D eigenvalue weighted by Gasteiger charge is 2.51. The van der Waals surface area contributed by atoms with Crippen LogP contribution in [0.3, 0.4) is 0 Å². The zero-order valence-corrected chi connectivity index (χ0v) is 22.3. The summed E-state index contributed by atoms with van der Waals surface area (Å²) in [4.78, 5) is 13.7. The van der Waals surface area contributed by atoms with E-state index in [9.17, 15) is 55.9 Å². The van der Waals surface area contributed by atoms with Crippen molar-refractivity contribution in [1.29, 1.82) is 0 Å². The van der Waals surface area contributed by atoms with Gasteiger partial charge in [-0.3, -0.25) is 4.79 Å². The monoisotopic (exact) mass is 610 g/mol. The summed E-state index contributed by atoms with van der Waals surface area (Å²) in [5.74, 6) is -3.40. The van der Waals surface area contributed by atoms with Gasteiger partial charge in [-0.25, -0.2) is 0 Å². The molecule has 2 fully saturated rings. The predicted molar refractivity (Wildman–Crippen MR) is 140 cm³/mol. The Balaban J connectivity index is 1.62. The summed E-state index contributed by atoms with van der Waals surface area (Å²) >= 11 is 0. The average Bonchev–Trinajstić information content (AvgIpc) is 2.96. The number of hydrogen-bond donors (Lipinski definition) is 10. The Bertz CT molecular complexity index is 1540. The third kappa shape index (κ3) is 5.55. The number of fused-ring (bicyclic) bond motifs is 1. The zero-order chi connectivity index (χ0) is 31.3. The normalized spacial score (nSPS) is 33.0. The Kier molecular flexibility index (Phi) is 8.41. The molecule has 2 aromatic carbocycles. The molecule has 1 aromatic heterocycles. The summed E-state index contributed by atoms with van der Waals surface area (Å²) in [6, 6.07) is 5.21. The van der Waals surface area contributed by atoms with E-state index < -0.39 is 113 Å². The van der Waals surface area contributed by atoms with E-state index in [1.54, 1.807) is 0 Å². The zero-order valence-electron chi connectivity index (χ0n) is 22.3. The smallest absolute Gasteiger partial charge is 0.239 e. The number of hydrogen-bond acceptors (Lipinski definition) is 16. The second-order valence-corrected chi connectivity index (χ2v) is 10.2. The number of ether oxygens (including phenoxy) is 4. The minimum Gasteiger partial charge on any atom is -0.508 e. The van der Waals surface area contributed by atoms with Crippen molar-refractivity contribution in [2.45, 2.75) is 68.3 Å². The molecule has 16 heteroatoms. The Morgan fingerprint density at radius 1 is 0.791 bits per heavy atom. The second-order valence-electron chi connectivity index (χ2n) is 10.2. The fourth-order valence-electron chi connectivity index (χ4n) is 4.92.